The fourth-order valence-corrected chi connectivity index (χ4v) is 1.09. The number of azide groups is 1. The van der Waals surface area contributed by atoms with Crippen molar-refractivity contribution >= 4 is 27.0 Å². The van der Waals surface area contributed by atoms with Crippen LogP contribution >= 0.6 is 27.0 Å². The smallest absolute Gasteiger partial charge is 0.0624 e. The molecule has 1 rings (SSSR count). The molecule has 0 saturated heterocycles. The van der Waals surface area contributed by atoms with Gasteiger partial charge in [-0.25, -0.2) is 0 Å². The molecule has 0 aromatic carbocycles. The Hall–Kier alpha value is -0.0300. The number of rotatable bonds is 3. The van der Waals surface area contributed by atoms with E-state index < -0.39 is 6.10 Å². The lowest BCUT2D eigenvalue weighted by Gasteiger charge is -2.29. The Morgan fingerprint density at radius 1 is 1.50 bits per heavy atom. The van der Waals surface area contributed by atoms with Gasteiger partial charge in [0.15, 0.2) is 0 Å². The fourth-order valence-electron chi connectivity index (χ4n) is 1.09. The second kappa shape index (κ2) is 7.61. The summed E-state index contributed by atoms with van der Waals surface area (Å²) in [7, 11) is 0. The van der Waals surface area contributed by atoms with Gasteiger partial charge in [0.2, 0.25) is 0 Å². The van der Waals surface area contributed by atoms with Crippen LogP contribution < -0.4 is 0 Å². The van der Waals surface area contributed by atoms with E-state index in [0.29, 0.717) is 5.92 Å². The molecular weight excluding hydrogens is 194 g/mol. The maximum absolute atomic E-state index is 9.24. The summed E-state index contributed by atoms with van der Waals surface area (Å²) >= 11 is 0. The summed E-state index contributed by atoms with van der Waals surface area (Å²) in [6, 6.07) is 0. The first-order valence-electron chi connectivity index (χ1n) is 3.53. The lowest BCUT2D eigenvalue weighted by Crippen LogP contribution is -2.28. The van der Waals surface area contributed by atoms with Gasteiger partial charge in [-0.2, -0.15) is 27.0 Å². The van der Waals surface area contributed by atoms with Gasteiger partial charge in [0.1, 0.15) is 0 Å². The Balaban J connectivity index is 0. The maximum Gasteiger partial charge on any atom is 0.0624 e. The summed E-state index contributed by atoms with van der Waals surface area (Å²) in [5, 5.41) is 12.5. The van der Waals surface area contributed by atoms with Crippen LogP contribution in [0.5, 0.6) is 0 Å². The molecule has 0 heterocycles. The van der Waals surface area contributed by atoms with Gasteiger partial charge in [-0.3, -0.25) is 0 Å². The van der Waals surface area contributed by atoms with Crippen molar-refractivity contribution in [3.05, 3.63) is 10.4 Å². The highest BCUT2D eigenvalue weighted by molar-refractivity contribution is 7.59. The minimum absolute atomic E-state index is 0. The number of hydrogen-bond acceptors (Lipinski definition) is 2. The molecule has 1 fully saturated rings. The largest absolute Gasteiger partial charge is 0.393 e. The second-order valence-electron chi connectivity index (χ2n) is 2.67. The van der Waals surface area contributed by atoms with Gasteiger partial charge in [0, 0.05) is 4.91 Å². The number of nitrogens with zero attached hydrogens (tertiary/aromatic N) is 3. The normalized spacial score (nSPS) is 17.4. The van der Waals surface area contributed by atoms with E-state index in [1.165, 1.54) is 6.42 Å². The maximum atomic E-state index is 9.24. The topological polar surface area (TPSA) is 69.0 Å². The van der Waals surface area contributed by atoms with Crippen LogP contribution in [0.3, 0.4) is 0 Å². The SMILES string of the molecule is S.S.[N-]=[N+]=NC[C@@H](O)C1CCC1. The van der Waals surface area contributed by atoms with Crippen molar-refractivity contribution in [2.45, 2.75) is 25.4 Å². The van der Waals surface area contributed by atoms with E-state index >= 15 is 0 Å². The molecule has 1 aliphatic rings. The van der Waals surface area contributed by atoms with Crippen LogP contribution in [0.2, 0.25) is 0 Å². The highest BCUT2D eigenvalue weighted by atomic mass is 32.1. The van der Waals surface area contributed by atoms with Gasteiger partial charge in [0.25, 0.3) is 0 Å². The van der Waals surface area contributed by atoms with Crippen molar-refractivity contribution in [2.24, 2.45) is 11.0 Å². The lowest BCUT2D eigenvalue weighted by atomic mass is 9.81. The van der Waals surface area contributed by atoms with E-state index in [4.69, 9.17) is 5.53 Å². The molecule has 1 saturated carbocycles. The molecule has 0 radical (unpaired) electrons. The summed E-state index contributed by atoms with van der Waals surface area (Å²) < 4.78 is 0. The third-order valence-corrected chi connectivity index (χ3v) is 2.03. The van der Waals surface area contributed by atoms with Crippen LogP contribution in [0.1, 0.15) is 19.3 Å². The molecule has 72 valence electrons. The van der Waals surface area contributed by atoms with Crippen molar-refractivity contribution in [1.82, 2.24) is 0 Å². The Morgan fingerprint density at radius 2 is 2.08 bits per heavy atom. The third-order valence-electron chi connectivity index (χ3n) is 2.03. The van der Waals surface area contributed by atoms with Gasteiger partial charge in [-0.05, 0) is 24.3 Å². The summed E-state index contributed by atoms with van der Waals surface area (Å²) in [6.45, 7) is 0.237. The van der Waals surface area contributed by atoms with Crippen molar-refractivity contribution in [3.63, 3.8) is 0 Å². The van der Waals surface area contributed by atoms with Crippen molar-refractivity contribution in [1.29, 1.82) is 0 Å². The molecule has 12 heavy (non-hydrogen) atoms. The fraction of sp³-hybridized carbons (Fsp3) is 1.00. The zero-order valence-corrected chi connectivity index (χ0v) is 8.77. The zero-order chi connectivity index (χ0) is 7.40. The molecule has 1 aliphatic carbocycles. The standard InChI is InChI=1S/C6H11N3O.2H2S/c7-9-8-4-6(10)5-2-1-3-5;;/h5-6,10H,1-4H2;2*1H2/t6-;;/m1../s1. The number of hydrogen-bond donors (Lipinski definition) is 1. The lowest BCUT2D eigenvalue weighted by molar-refractivity contribution is 0.0697. The van der Waals surface area contributed by atoms with Crippen LogP contribution in [-0.2, 0) is 0 Å². The molecular formula is C6H15N3OS2. The molecule has 0 unspecified atom stereocenters. The van der Waals surface area contributed by atoms with Crippen LogP contribution in [-0.4, -0.2) is 17.8 Å². The Bertz CT molecular complexity index is 157. The predicted octanol–water partition coefficient (Wildman–Crippen LogP) is 1.68. The van der Waals surface area contributed by atoms with E-state index in [1.807, 2.05) is 0 Å². The molecule has 1 atom stereocenters. The Kier molecular flexibility index (Phi) is 9.19. The number of aliphatic hydroxyl groups excluding tert-OH is 1. The number of aliphatic hydroxyl groups is 1. The molecule has 0 spiro atoms. The minimum Gasteiger partial charge on any atom is -0.393 e. The minimum atomic E-state index is -0.398. The first kappa shape index (κ1) is 14.5. The van der Waals surface area contributed by atoms with E-state index in [9.17, 15) is 5.11 Å². The zero-order valence-electron chi connectivity index (χ0n) is 6.77. The van der Waals surface area contributed by atoms with Crippen LogP contribution in [0.25, 0.3) is 10.4 Å². The average Bonchev–Trinajstić information content (AvgIpc) is 1.79. The Labute approximate surface area is 85.9 Å². The van der Waals surface area contributed by atoms with E-state index in [1.54, 1.807) is 0 Å². The summed E-state index contributed by atoms with van der Waals surface area (Å²) in [6.07, 6.45) is 2.98. The van der Waals surface area contributed by atoms with Crippen LogP contribution in [0, 0.1) is 5.92 Å². The van der Waals surface area contributed by atoms with Gasteiger partial charge in [0.05, 0.1) is 12.6 Å². The quantitative estimate of drug-likeness (QED) is 0.429. The highest BCUT2D eigenvalue weighted by Gasteiger charge is 2.24. The monoisotopic (exact) mass is 209 g/mol. The molecule has 6 heteroatoms. The molecule has 0 aromatic rings. The molecule has 0 aromatic heterocycles. The summed E-state index contributed by atoms with van der Waals surface area (Å²) in [5.74, 6) is 0.394. The van der Waals surface area contributed by atoms with E-state index in [2.05, 4.69) is 10.0 Å². The first-order valence-corrected chi connectivity index (χ1v) is 3.53. The highest BCUT2D eigenvalue weighted by Crippen LogP contribution is 2.29. The van der Waals surface area contributed by atoms with Gasteiger partial charge in [-0.1, -0.05) is 11.5 Å². The third kappa shape index (κ3) is 4.11. The Morgan fingerprint density at radius 3 is 2.42 bits per heavy atom. The van der Waals surface area contributed by atoms with E-state index in [0.717, 1.165) is 12.8 Å². The molecule has 0 aliphatic heterocycles. The van der Waals surface area contributed by atoms with Crippen LogP contribution in [0.15, 0.2) is 5.11 Å². The summed E-state index contributed by atoms with van der Waals surface area (Å²) in [5.41, 5.74) is 7.93. The van der Waals surface area contributed by atoms with Gasteiger partial charge < -0.3 is 5.11 Å². The molecule has 0 bridgehead atoms. The molecule has 0 amide bonds. The second-order valence-corrected chi connectivity index (χ2v) is 2.67. The van der Waals surface area contributed by atoms with Crippen molar-refractivity contribution in [3.8, 4) is 0 Å². The summed E-state index contributed by atoms with van der Waals surface area (Å²) in [4.78, 5) is 2.58. The van der Waals surface area contributed by atoms with Crippen molar-refractivity contribution < 1.29 is 5.11 Å². The molecule has 4 nitrogen and oxygen atoms in total. The van der Waals surface area contributed by atoms with E-state index in [-0.39, 0.29) is 33.5 Å². The first-order chi connectivity index (χ1) is 4.84. The molecule has 1 N–H and O–H groups in total. The van der Waals surface area contributed by atoms with Crippen LogP contribution in [0.4, 0.5) is 0 Å². The predicted molar refractivity (Wildman–Crippen MR) is 58.1 cm³/mol. The van der Waals surface area contributed by atoms with Gasteiger partial charge >= 0.3 is 0 Å². The van der Waals surface area contributed by atoms with Gasteiger partial charge in [-0.15, -0.1) is 0 Å². The van der Waals surface area contributed by atoms with Crippen molar-refractivity contribution in [2.75, 3.05) is 6.54 Å². The average molecular weight is 209 g/mol.